The molecule has 8 nitrogen and oxygen atoms in total. The first-order valence-electron chi connectivity index (χ1n) is 8.63. The van der Waals surface area contributed by atoms with Gasteiger partial charge in [-0.15, -0.1) is 0 Å². The van der Waals surface area contributed by atoms with Gasteiger partial charge in [0.25, 0.3) is 5.91 Å². The number of hydrogen-bond acceptors (Lipinski definition) is 5. The summed E-state index contributed by atoms with van der Waals surface area (Å²) in [5.74, 6) is -0.0499. The number of hydrogen-bond donors (Lipinski definition) is 1. The van der Waals surface area contributed by atoms with E-state index < -0.39 is 6.04 Å². The summed E-state index contributed by atoms with van der Waals surface area (Å²) in [7, 11) is 0. The smallest absolute Gasteiger partial charge is 0.292 e. The number of piperazine rings is 1. The van der Waals surface area contributed by atoms with Crippen molar-refractivity contribution >= 4 is 17.7 Å². The van der Waals surface area contributed by atoms with Gasteiger partial charge >= 0.3 is 0 Å². The average Bonchev–Trinajstić information content (AvgIpc) is 3.17. The SMILES string of the molecule is CC(=O)N[C@H]1C[C@H]2CN(C(=O)c3cnco3)[C@@H](CC(C)C)C(=O)N2C1. The molecule has 25 heavy (non-hydrogen) atoms. The van der Waals surface area contributed by atoms with E-state index in [9.17, 15) is 14.4 Å². The van der Waals surface area contributed by atoms with E-state index in [1.165, 1.54) is 19.5 Å². The zero-order chi connectivity index (χ0) is 18.1. The third-order valence-electron chi connectivity index (χ3n) is 4.77. The summed E-state index contributed by atoms with van der Waals surface area (Å²) in [6.45, 7) is 6.47. The number of rotatable bonds is 4. The van der Waals surface area contributed by atoms with E-state index in [-0.39, 0.29) is 41.5 Å². The van der Waals surface area contributed by atoms with Crippen LogP contribution in [0.4, 0.5) is 0 Å². The molecule has 0 unspecified atom stereocenters. The quantitative estimate of drug-likeness (QED) is 0.862. The molecule has 8 heteroatoms. The van der Waals surface area contributed by atoms with Crippen molar-refractivity contribution < 1.29 is 18.8 Å². The van der Waals surface area contributed by atoms with Crippen LogP contribution in [0.25, 0.3) is 0 Å². The maximum absolute atomic E-state index is 13.0. The molecule has 0 aromatic carbocycles. The Morgan fingerprint density at radius 1 is 1.40 bits per heavy atom. The minimum Gasteiger partial charge on any atom is -0.438 e. The number of oxazole rings is 1. The number of nitrogens with one attached hydrogen (secondary N) is 1. The number of carbonyl (C=O) groups is 3. The Labute approximate surface area is 146 Å². The molecule has 0 bridgehead atoms. The Bertz CT molecular complexity index is 658. The standard InChI is InChI=1S/C17H24N4O4/c1-10(2)4-14-16(23)20-7-12(19-11(3)22)5-13(20)8-21(14)17(24)15-6-18-9-25-15/h6,9-10,12-14H,4-5,7-8H2,1-3H3,(H,19,22)/t12-,13-,14-/m0/s1. The second kappa shape index (κ2) is 6.85. The normalized spacial score (nSPS) is 26.1. The van der Waals surface area contributed by atoms with Crippen LogP contribution in [0.15, 0.2) is 17.0 Å². The van der Waals surface area contributed by atoms with Gasteiger partial charge in [-0.25, -0.2) is 4.98 Å². The molecule has 1 N–H and O–H groups in total. The largest absolute Gasteiger partial charge is 0.438 e. The first-order valence-corrected chi connectivity index (χ1v) is 8.63. The molecule has 0 aliphatic carbocycles. The lowest BCUT2D eigenvalue weighted by Crippen LogP contribution is -2.61. The van der Waals surface area contributed by atoms with Gasteiger partial charge in [0.15, 0.2) is 6.39 Å². The summed E-state index contributed by atoms with van der Waals surface area (Å²) < 4.78 is 5.14. The first-order chi connectivity index (χ1) is 11.9. The van der Waals surface area contributed by atoms with E-state index in [2.05, 4.69) is 10.3 Å². The number of carbonyl (C=O) groups excluding carboxylic acids is 3. The molecule has 1 aromatic heterocycles. The summed E-state index contributed by atoms with van der Waals surface area (Å²) in [5.41, 5.74) is 0. The summed E-state index contributed by atoms with van der Waals surface area (Å²) in [6.07, 6.45) is 3.83. The second-order valence-corrected chi connectivity index (χ2v) is 7.25. The van der Waals surface area contributed by atoms with Crippen molar-refractivity contribution in [3.63, 3.8) is 0 Å². The lowest BCUT2D eigenvalue weighted by Gasteiger charge is -2.43. The Kier molecular flexibility index (Phi) is 4.78. The van der Waals surface area contributed by atoms with Crippen LogP contribution in [-0.2, 0) is 9.59 Å². The van der Waals surface area contributed by atoms with Crippen molar-refractivity contribution in [2.45, 2.75) is 51.7 Å². The first kappa shape index (κ1) is 17.4. The van der Waals surface area contributed by atoms with Crippen molar-refractivity contribution in [3.8, 4) is 0 Å². The van der Waals surface area contributed by atoms with Crippen LogP contribution in [0.3, 0.4) is 0 Å². The zero-order valence-corrected chi connectivity index (χ0v) is 14.8. The molecule has 3 rings (SSSR count). The summed E-state index contributed by atoms with van der Waals surface area (Å²) >= 11 is 0. The van der Waals surface area contributed by atoms with E-state index in [1.54, 1.807) is 4.90 Å². The van der Waals surface area contributed by atoms with Crippen LogP contribution in [0, 0.1) is 5.92 Å². The topological polar surface area (TPSA) is 95.7 Å². The maximum Gasteiger partial charge on any atom is 0.292 e. The fraction of sp³-hybridized carbons (Fsp3) is 0.647. The van der Waals surface area contributed by atoms with Crippen molar-refractivity contribution in [3.05, 3.63) is 18.4 Å². The monoisotopic (exact) mass is 348 g/mol. The van der Waals surface area contributed by atoms with Crippen molar-refractivity contribution in [1.82, 2.24) is 20.1 Å². The molecule has 3 heterocycles. The molecule has 0 spiro atoms. The number of amides is 3. The highest BCUT2D eigenvalue weighted by molar-refractivity contribution is 5.96. The zero-order valence-electron chi connectivity index (χ0n) is 14.8. The van der Waals surface area contributed by atoms with E-state index in [0.29, 0.717) is 25.9 Å². The Morgan fingerprint density at radius 3 is 2.76 bits per heavy atom. The molecular formula is C17H24N4O4. The van der Waals surface area contributed by atoms with Crippen LogP contribution in [-0.4, -0.2) is 63.7 Å². The Hall–Kier alpha value is -2.38. The fourth-order valence-electron chi connectivity index (χ4n) is 3.79. The highest BCUT2D eigenvalue weighted by atomic mass is 16.3. The van der Waals surface area contributed by atoms with Crippen LogP contribution in [0.2, 0.25) is 0 Å². The third kappa shape index (κ3) is 3.52. The summed E-state index contributed by atoms with van der Waals surface area (Å²) in [4.78, 5) is 44.4. The molecule has 2 aliphatic heterocycles. The van der Waals surface area contributed by atoms with Gasteiger partial charge in [0.1, 0.15) is 6.04 Å². The van der Waals surface area contributed by atoms with Crippen LogP contribution in [0.1, 0.15) is 44.2 Å². The Morgan fingerprint density at radius 2 is 2.16 bits per heavy atom. The highest BCUT2D eigenvalue weighted by Crippen LogP contribution is 2.30. The van der Waals surface area contributed by atoms with Crippen molar-refractivity contribution in [1.29, 1.82) is 0 Å². The maximum atomic E-state index is 13.0. The molecule has 3 atom stereocenters. The average molecular weight is 348 g/mol. The molecule has 0 radical (unpaired) electrons. The van der Waals surface area contributed by atoms with Gasteiger partial charge in [-0.3, -0.25) is 14.4 Å². The van der Waals surface area contributed by atoms with Gasteiger partial charge in [0, 0.05) is 26.1 Å². The third-order valence-corrected chi connectivity index (χ3v) is 4.77. The molecular weight excluding hydrogens is 324 g/mol. The fourth-order valence-corrected chi connectivity index (χ4v) is 3.79. The summed E-state index contributed by atoms with van der Waals surface area (Å²) in [6, 6.07) is -0.656. The molecule has 2 fully saturated rings. The van der Waals surface area contributed by atoms with E-state index >= 15 is 0 Å². The lowest BCUT2D eigenvalue weighted by molar-refractivity contribution is -0.142. The molecule has 136 valence electrons. The van der Waals surface area contributed by atoms with E-state index in [1.807, 2.05) is 18.7 Å². The van der Waals surface area contributed by atoms with Crippen molar-refractivity contribution in [2.24, 2.45) is 5.92 Å². The number of aromatic nitrogens is 1. The van der Waals surface area contributed by atoms with Crippen LogP contribution in [0.5, 0.6) is 0 Å². The van der Waals surface area contributed by atoms with Gasteiger partial charge in [-0.1, -0.05) is 13.8 Å². The van der Waals surface area contributed by atoms with E-state index in [4.69, 9.17) is 4.42 Å². The molecule has 0 saturated carbocycles. The summed E-state index contributed by atoms with van der Waals surface area (Å²) in [5, 5.41) is 2.88. The van der Waals surface area contributed by atoms with Gasteiger partial charge < -0.3 is 19.5 Å². The molecule has 3 amide bonds. The van der Waals surface area contributed by atoms with Crippen molar-refractivity contribution in [2.75, 3.05) is 13.1 Å². The lowest BCUT2D eigenvalue weighted by atomic mass is 9.97. The second-order valence-electron chi connectivity index (χ2n) is 7.25. The molecule has 1 aromatic rings. The molecule has 2 aliphatic rings. The minimum absolute atomic E-state index is 0.0503. The van der Waals surface area contributed by atoms with Crippen LogP contribution >= 0.6 is 0 Å². The number of nitrogens with zero attached hydrogens (tertiary/aromatic N) is 3. The highest BCUT2D eigenvalue weighted by Gasteiger charge is 2.47. The van der Waals surface area contributed by atoms with E-state index in [0.717, 1.165) is 0 Å². The Balaban J connectivity index is 1.83. The van der Waals surface area contributed by atoms with Crippen LogP contribution < -0.4 is 5.32 Å². The van der Waals surface area contributed by atoms with Gasteiger partial charge in [-0.05, 0) is 18.8 Å². The number of fused-ring (bicyclic) bond motifs is 1. The minimum atomic E-state index is -0.509. The predicted octanol–water partition coefficient (Wildman–Crippen LogP) is 0.651. The molecule has 2 saturated heterocycles. The predicted molar refractivity (Wildman–Crippen MR) is 88.5 cm³/mol. The van der Waals surface area contributed by atoms with Gasteiger partial charge in [-0.2, -0.15) is 0 Å². The van der Waals surface area contributed by atoms with Gasteiger partial charge in [0.05, 0.1) is 12.2 Å². The van der Waals surface area contributed by atoms with Gasteiger partial charge in [0.2, 0.25) is 17.6 Å².